The number of hydrogen-bond donors (Lipinski definition) is 1. The molecule has 2 aromatic heterocycles. The van der Waals surface area contributed by atoms with Crippen LogP contribution in [-0.2, 0) is 6.54 Å². The number of aliphatic hydroxyl groups excluding tert-OH is 1. The molecule has 0 amide bonds. The summed E-state index contributed by atoms with van der Waals surface area (Å²) in [5.41, 5.74) is 1.07. The second-order valence-electron chi connectivity index (χ2n) is 7.12. The fourth-order valence-electron chi connectivity index (χ4n) is 3.05. The van der Waals surface area contributed by atoms with E-state index in [2.05, 4.69) is 20.3 Å². The first kappa shape index (κ1) is 22.3. The summed E-state index contributed by atoms with van der Waals surface area (Å²) in [7, 11) is 0. The van der Waals surface area contributed by atoms with E-state index in [9.17, 15) is 20.0 Å². The third-order valence-corrected chi connectivity index (χ3v) is 5.80. The number of fused-ring (bicyclic) bond motifs is 1. The topological polar surface area (TPSA) is 141 Å². The normalized spacial score (nSPS) is 12.4. The molecule has 4 rings (SSSR count). The first-order valence-corrected chi connectivity index (χ1v) is 10.9. The zero-order valence-electron chi connectivity index (χ0n) is 17.5. The molecule has 33 heavy (non-hydrogen) atoms. The minimum Gasteiger partial charge on any atom is -0.390 e. The standard InChI is InChI=1S/C21H19N7O4S/c1-14-24-25-21(27(14)23-10-15-6-8-16(9-7-15)28(31)32)33-12-17(29)11-26-13-22-19-5-3-2-4-18(19)20(26)30/h2-10,13,17,29H,11-12H2,1H3. The van der Waals surface area contributed by atoms with Crippen molar-refractivity contribution in [3.8, 4) is 0 Å². The molecule has 0 radical (unpaired) electrons. The van der Waals surface area contributed by atoms with E-state index in [0.29, 0.717) is 27.4 Å². The number of aryl methyl sites for hydroxylation is 1. The van der Waals surface area contributed by atoms with E-state index in [1.807, 2.05) is 6.07 Å². The van der Waals surface area contributed by atoms with Gasteiger partial charge >= 0.3 is 0 Å². The number of thioether (sulfide) groups is 1. The molecule has 2 heterocycles. The Morgan fingerprint density at radius 2 is 1.97 bits per heavy atom. The van der Waals surface area contributed by atoms with Crippen LogP contribution in [0.1, 0.15) is 11.4 Å². The van der Waals surface area contributed by atoms with E-state index < -0.39 is 11.0 Å². The molecule has 1 N–H and O–H groups in total. The predicted octanol–water partition coefficient (Wildman–Crippen LogP) is 2.24. The van der Waals surface area contributed by atoms with Gasteiger partial charge < -0.3 is 5.11 Å². The summed E-state index contributed by atoms with van der Waals surface area (Å²) in [5.74, 6) is 0.796. The average molecular weight is 465 g/mol. The van der Waals surface area contributed by atoms with Crippen molar-refractivity contribution >= 4 is 34.6 Å². The van der Waals surface area contributed by atoms with Crippen LogP contribution in [0.3, 0.4) is 0 Å². The van der Waals surface area contributed by atoms with E-state index in [0.717, 1.165) is 0 Å². The molecule has 4 aromatic rings. The fraction of sp³-hybridized carbons (Fsp3) is 0.190. The maximum Gasteiger partial charge on any atom is 0.269 e. The monoisotopic (exact) mass is 465 g/mol. The highest BCUT2D eigenvalue weighted by Gasteiger charge is 2.14. The van der Waals surface area contributed by atoms with Crippen molar-refractivity contribution in [3.05, 3.63) is 86.7 Å². The molecule has 0 saturated carbocycles. The molecular formula is C21H19N7O4S. The summed E-state index contributed by atoms with van der Waals surface area (Å²) in [6.07, 6.45) is 2.14. The van der Waals surface area contributed by atoms with Crippen LogP contribution < -0.4 is 5.56 Å². The van der Waals surface area contributed by atoms with E-state index in [-0.39, 0.29) is 23.5 Å². The van der Waals surface area contributed by atoms with Crippen molar-refractivity contribution in [2.24, 2.45) is 5.10 Å². The Morgan fingerprint density at radius 3 is 2.73 bits per heavy atom. The maximum absolute atomic E-state index is 12.6. The third-order valence-electron chi connectivity index (χ3n) is 4.74. The van der Waals surface area contributed by atoms with Crippen LogP contribution in [0, 0.1) is 17.0 Å². The number of aromatic nitrogens is 5. The summed E-state index contributed by atoms with van der Waals surface area (Å²) in [6, 6.07) is 13.0. The quantitative estimate of drug-likeness (QED) is 0.181. The smallest absolute Gasteiger partial charge is 0.269 e. The average Bonchev–Trinajstić information content (AvgIpc) is 3.17. The molecule has 168 valence electrons. The van der Waals surface area contributed by atoms with E-state index in [1.54, 1.807) is 43.5 Å². The Bertz CT molecular complexity index is 1380. The molecule has 0 aliphatic carbocycles. The van der Waals surface area contributed by atoms with Gasteiger partial charge in [0, 0.05) is 17.9 Å². The lowest BCUT2D eigenvalue weighted by Gasteiger charge is -2.12. The van der Waals surface area contributed by atoms with Gasteiger partial charge in [-0.05, 0) is 36.8 Å². The van der Waals surface area contributed by atoms with Crippen molar-refractivity contribution in [1.82, 2.24) is 24.4 Å². The summed E-state index contributed by atoms with van der Waals surface area (Å²) >= 11 is 1.25. The molecule has 1 atom stereocenters. The van der Waals surface area contributed by atoms with Gasteiger partial charge in [0.2, 0.25) is 5.16 Å². The molecule has 0 fully saturated rings. The SMILES string of the molecule is Cc1nnc(SCC(O)Cn2cnc3ccccc3c2=O)n1N=Cc1ccc([N+](=O)[O-])cc1. The number of nitrogens with zero attached hydrogens (tertiary/aromatic N) is 7. The molecule has 2 aromatic carbocycles. The van der Waals surface area contributed by atoms with Crippen LogP contribution in [0.15, 0.2) is 69.9 Å². The first-order valence-electron chi connectivity index (χ1n) is 9.88. The number of hydrogen-bond acceptors (Lipinski definition) is 9. The number of benzene rings is 2. The highest BCUT2D eigenvalue weighted by molar-refractivity contribution is 7.99. The second kappa shape index (κ2) is 9.71. The number of nitro groups is 1. The van der Waals surface area contributed by atoms with Crippen LogP contribution in [-0.4, -0.2) is 52.5 Å². The Labute approximate surface area is 191 Å². The molecule has 0 aliphatic heterocycles. The molecule has 11 nitrogen and oxygen atoms in total. The maximum atomic E-state index is 12.6. The highest BCUT2D eigenvalue weighted by Crippen LogP contribution is 2.18. The summed E-state index contributed by atoms with van der Waals surface area (Å²) in [6.45, 7) is 1.82. The van der Waals surface area contributed by atoms with E-state index in [1.165, 1.54) is 39.5 Å². The van der Waals surface area contributed by atoms with Gasteiger partial charge in [-0.15, -0.1) is 10.2 Å². The van der Waals surface area contributed by atoms with Crippen molar-refractivity contribution in [2.75, 3.05) is 5.75 Å². The zero-order valence-corrected chi connectivity index (χ0v) is 18.3. The summed E-state index contributed by atoms with van der Waals surface area (Å²) in [4.78, 5) is 27.2. The van der Waals surface area contributed by atoms with Crippen LogP contribution in [0.2, 0.25) is 0 Å². The Hall–Kier alpha value is -3.90. The van der Waals surface area contributed by atoms with Crippen LogP contribution in [0.5, 0.6) is 0 Å². The van der Waals surface area contributed by atoms with Crippen molar-refractivity contribution in [3.63, 3.8) is 0 Å². The fourth-order valence-corrected chi connectivity index (χ4v) is 3.90. The largest absolute Gasteiger partial charge is 0.390 e. The van der Waals surface area contributed by atoms with Gasteiger partial charge in [0.25, 0.3) is 11.2 Å². The highest BCUT2D eigenvalue weighted by atomic mass is 32.2. The van der Waals surface area contributed by atoms with Crippen LogP contribution in [0.25, 0.3) is 10.9 Å². The number of non-ortho nitro benzene ring substituents is 1. The number of nitro benzene ring substituents is 1. The molecule has 0 spiro atoms. The van der Waals surface area contributed by atoms with Gasteiger partial charge in [0.1, 0.15) is 0 Å². The minimum absolute atomic E-state index is 0.00131. The van der Waals surface area contributed by atoms with Gasteiger partial charge in [0.05, 0.1) is 41.0 Å². The van der Waals surface area contributed by atoms with Crippen LogP contribution in [0.4, 0.5) is 5.69 Å². The molecule has 12 heteroatoms. The number of rotatable bonds is 8. The van der Waals surface area contributed by atoms with Crippen molar-refractivity contribution in [1.29, 1.82) is 0 Å². The first-order chi connectivity index (χ1) is 15.9. The van der Waals surface area contributed by atoms with E-state index >= 15 is 0 Å². The zero-order chi connectivity index (χ0) is 23.4. The van der Waals surface area contributed by atoms with Gasteiger partial charge in [-0.3, -0.25) is 19.5 Å². The van der Waals surface area contributed by atoms with Gasteiger partial charge in [0.15, 0.2) is 5.82 Å². The van der Waals surface area contributed by atoms with Crippen molar-refractivity contribution in [2.45, 2.75) is 24.7 Å². The molecule has 0 aliphatic rings. The number of aliphatic hydroxyl groups is 1. The minimum atomic E-state index is -0.834. The van der Waals surface area contributed by atoms with Crippen molar-refractivity contribution < 1.29 is 10.0 Å². The molecule has 0 bridgehead atoms. The van der Waals surface area contributed by atoms with Gasteiger partial charge in [-0.25, -0.2) is 4.98 Å². The van der Waals surface area contributed by atoms with E-state index in [4.69, 9.17) is 0 Å². The lowest BCUT2D eigenvalue weighted by atomic mass is 10.2. The summed E-state index contributed by atoms with van der Waals surface area (Å²) in [5, 5.41) is 34.7. The molecule has 0 saturated heterocycles. The Morgan fingerprint density at radius 1 is 1.21 bits per heavy atom. The summed E-state index contributed by atoms with van der Waals surface area (Å²) < 4.78 is 2.90. The lowest BCUT2D eigenvalue weighted by molar-refractivity contribution is -0.384. The Kier molecular flexibility index (Phi) is 6.56. The predicted molar refractivity (Wildman–Crippen MR) is 124 cm³/mol. The van der Waals surface area contributed by atoms with Crippen LogP contribution >= 0.6 is 11.8 Å². The van der Waals surface area contributed by atoms with Gasteiger partial charge in [-0.2, -0.15) is 9.78 Å². The lowest BCUT2D eigenvalue weighted by Crippen LogP contribution is -2.28. The van der Waals surface area contributed by atoms with Gasteiger partial charge in [-0.1, -0.05) is 23.9 Å². The third kappa shape index (κ3) is 5.13. The molecular weight excluding hydrogens is 446 g/mol. The molecule has 1 unspecified atom stereocenters. The number of para-hydroxylation sites is 1. The second-order valence-corrected chi connectivity index (χ2v) is 8.11. The Balaban J connectivity index is 1.42.